The van der Waals surface area contributed by atoms with Gasteiger partial charge in [0.1, 0.15) is 23.9 Å². The van der Waals surface area contributed by atoms with E-state index >= 15 is 0 Å². The lowest BCUT2D eigenvalue weighted by Gasteiger charge is -2.24. The molecule has 27 nitrogen and oxygen atoms in total. The molecule has 3 aromatic heterocycles. The van der Waals surface area contributed by atoms with Crippen molar-refractivity contribution >= 4 is 81.6 Å². The monoisotopic (exact) mass is 991 g/mol. The second-order valence-electron chi connectivity index (χ2n) is 16.8. The molecule has 1 aliphatic heterocycles. The third kappa shape index (κ3) is 13.8. The molecule has 3 atom stereocenters. The molecular weight excluding hydrogens is 939 g/mol. The van der Waals surface area contributed by atoms with Crippen LogP contribution in [0.5, 0.6) is 5.75 Å². The Morgan fingerprint density at radius 3 is 2.25 bits per heavy atom. The van der Waals surface area contributed by atoms with Gasteiger partial charge in [-0.05, 0) is 74.1 Å². The number of amides is 7. The summed E-state index contributed by atoms with van der Waals surface area (Å²) in [7, 11) is 0. The molecule has 0 bridgehead atoms. The maximum absolute atomic E-state index is 13.5. The summed E-state index contributed by atoms with van der Waals surface area (Å²) in [6.45, 7) is 5.30. The number of aromatic nitrogens is 8. The van der Waals surface area contributed by atoms with E-state index < -0.39 is 53.5 Å². The number of rotatable bonds is 24. The number of hydrogen-bond acceptors (Lipinski definition) is 19. The number of nitrogens with two attached hydrogens (primary N) is 2. The molecule has 0 aliphatic carbocycles. The van der Waals surface area contributed by atoms with Crippen LogP contribution in [0.2, 0.25) is 0 Å². The number of hydrogen-bond donors (Lipinski definition) is 11. The molecule has 0 fully saturated rings. The maximum atomic E-state index is 13.5. The topological polar surface area (TPSA) is 410 Å². The number of phenols is 1. The lowest BCUT2D eigenvalue weighted by Crippen LogP contribution is -2.53. The predicted molar refractivity (Wildman–Crippen MR) is 257 cm³/mol. The molecule has 0 unspecified atom stereocenters. The van der Waals surface area contributed by atoms with E-state index in [9.17, 15) is 48.6 Å². The first kappa shape index (κ1) is 52.2. The van der Waals surface area contributed by atoms with Crippen LogP contribution in [0.4, 0.5) is 23.1 Å². The number of aromatic amines is 1. The van der Waals surface area contributed by atoms with E-state index in [1.165, 1.54) is 61.7 Å². The second-order valence-corrected chi connectivity index (χ2v) is 16.8. The Morgan fingerprint density at radius 1 is 0.819 bits per heavy atom. The summed E-state index contributed by atoms with van der Waals surface area (Å²) in [5.74, 6) is -5.86. The van der Waals surface area contributed by atoms with Gasteiger partial charge in [-0.1, -0.05) is 20.3 Å². The number of nitrogen functional groups attached to an aromatic ring is 2. The second kappa shape index (κ2) is 23.9. The maximum Gasteiger partial charge on any atom is 0.326 e. The zero-order valence-electron chi connectivity index (χ0n) is 39.3. The van der Waals surface area contributed by atoms with Crippen LogP contribution in [0, 0.1) is 5.92 Å². The number of unbranched alkanes of at least 4 members (excludes halogenated alkanes) is 2. The van der Waals surface area contributed by atoms with Crippen LogP contribution in [0.3, 0.4) is 0 Å². The molecule has 2 aromatic carbocycles. The first-order valence-corrected chi connectivity index (χ1v) is 22.6. The molecule has 0 saturated carbocycles. The third-order valence-corrected chi connectivity index (χ3v) is 11.1. The molecule has 5 aromatic rings. The molecular formula is C45H53N17O10. The van der Waals surface area contributed by atoms with Crippen LogP contribution in [0.25, 0.3) is 22.6 Å². The predicted octanol–water partition coefficient (Wildman–Crippen LogP) is 0.545. The molecule has 4 heterocycles. The molecule has 1 aliphatic rings. The number of carboxylic acid groups (broad SMARTS) is 1. The van der Waals surface area contributed by atoms with Gasteiger partial charge >= 0.3 is 5.97 Å². The number of carbonyl (C=O) groups excluding carboxylic acids is 7. The number of tetrazole rings is 1. The first-order valence-electron chi connectivity index (χ1n) is 22.6. The number of phenolic OH excluding ortho intramolecular Hbond substituents is 1. The molecule has 0 saturated heterocycles. The lowest BCUT2D eigenvalue weighted by molar-refractivity contribution is -0.139. The number of nitrogens with one attached hydrogen (secondary N) is 7. The Hall–Kier alpha value is -9.17. The molecule has 0 radical (unpaired) electrons. The minimum absolute atomic E-state index is 0.00891. The summed E-state index contributed by atoms with van der Waals surface area (Å²) >= 11 is 0. The highest BCUT2D eigenvalue weighted by Gasteiger charge is 2.28. The van der Waals surface area contributed by atoms with Crippen molar-refractivity contribution in [1.29, 1.82) is 0 Å². The lowest BCUT2D eigenvalue weighted by atomic mass is 10.0. The van der Waals surface area contributed by atoms with Crippen molar-refractivity contribution in [2.75, 3.05) is 35.2 Å². The summed E-state index contributed by atoms with van der Waals surface area (Å²) < 4.78 is 0. The highest BCUT2D eigenvalue weighted by atomic mass is 16.4. The molecule has 27 heteroatoms. The van der Waals surface area contributed by atoms with E-state index in [1.807, 2.05) is 0 Å². The number of aromatic hydroxyl groups is 1. The van der Waals surface area contributed by atoms with Gasteiger partial charge in [-0.15, -0.1) is 10.2 Å². The van der Waals surface area contributed by atoms with Crippen LogP contribution >= 0.6 is 0 Å². The van der Waals surface area contributed by atoms with E-state index in [-0.39, 0.29) is 114 Å². The fraction of sp³-hybridized carbons (Fsp3) is 0.356. The highest BCUT2D eigenvalue weighted by molar-refractivity contribution is 6.13. The van der Waals surface area contributed by atoms with Crippen molar-refractivity contribution in [3.05, 3.63) is 71.6 Å². The molecule has 0 spiro atoms. The van der Waals surface area contributed by atoms with Crippen LogP contribution in [-0.2, 0) is 35.3 Å². The minimum Gasteiger partial charge on any atom is -0.507 e. The van der Waals surface area contributed by atoms with Gasteiger partial charge in [-0.25, -0.2) is 14.8 Å². The van der Waals surface area contributed by atoms with Crippen LogP contribution in [-0.4, -0.2) is 134 Å². The number of carbonyl (C=O) groups is 8. The van der Waals surface area contributed by atoms with Crippen molar-refractivity contribution in [3.8, 4) is 17.1 Å². The van der Waals surface area contributed by atoms with Gasteiger partial charge in [-0.2, -0.15) is 15.2 Å². The molecule has 7 amide bonds. The average Bonchev–Trinajstić information content (AvgIpc) is 3.99. The van der Waals surface area contributed by atoms with Crippen molar-refractivity contribution in [3.63, 3.8) is 0 Å². The molecule has 378 valence electrons. The largest absolute Gasteiger partial charge is 0.507 e. The van der Waals surface area contributed by atoms with E-state index in [1.54, 1.807) is 13.8 Å². The highest BCUT2D eigenvalue weighted by Crippen LogP contribution is 2.26. The zero-order valence-corrected chi connectivity index (χ0v) is 39.3. The van der Waals surface area contributed by atoms with Crippen molar-refractivity contribution < 1.29 is 48.6 Å². The number of fused-ring (bicyclic) bond motifs is 1. The van der Waals surface area contributed by atoms with Crippen LogP contribution in [0.1, 0.15) is 85.7 Å². The van der Waals surface area contributed by atoms with Gasteiger partial charge in [0, 0.05) is 54.7 Å². The number of aliphatic carboxylic acids is 1. The van der Waals surface area contributed by atoms with Crippen molar-refractivity contribution in [2.45, 2.75) is 84.0 Å². The Labute approximate surface area is 409 Å². The Morgan fingerprint density at radius 2 is 1.56 bits per heavy atom. The number of anilines is 4. The zero-order chi connectivity index (χ0) is 52.1. The SMILES string of the molecule is CC(C)[C@H](NC(=O)CCCCCN1C(=O)C=CC1=O)C(=O)N[C@@H](C)C(=O)Nc1ccc(C(=O)NCCC[C@H](NC(=O)c2ccc(NCc3cnc4nc(N)nc(N)c4n3)cc2O)C(=O)O)c(-c2nn[nH]n2)c1. The summed E-state index contributed by atoms with van der Waals surface area (Å²) in [6.07, 6.45) is 5.54. The van der Waals surface area contributed by atoms with Crippen molar-refractivity contribution in [2.24, 2.45) is 5.92 Å². The normalized spacial score (nSPS) is 13.4. The standard InChI is InChI=1S/C45H53N17O10/c1-22(2)35(55-32(64)9-5-4-6-17-62-33(65)14-15-34(62)66)43(70)51-23(3)40(67)53-25-11-12-27(29(18-25)38-58-60-61-59-38)41(68)48-16-7-8-30(44(71)72)54-42(69)28-13-10-24(19-31(28)63)49-20-26-21-50-39-36(52-26)37(46)56-45(47)57-39/h10-15,18-19,21-23,30,35,49,63H,4-9,16-17,20H2,1-3H3,(H,48,68)(H,51,70)(H,53,67)(H,54,69)(H,55,64)(H,71,72)(H,58,59,60,61)(H4,46,47,50,56,57)/t23-,30-,35-/m0/s1. The van der Waals surface area contributed by atoms with E-state index in [2.05, 4.69) is 72.5 Å². The number of H-pyrrole nitrogens is 1. The number of imide groups is 1. The smallest absolute Gasteiger partial charge is 0.326 e. The van der Waals surface area contributed by atoms with E-state index in [4.69, 9.17) is 11.5 Å². The fourth-order valence-electron chi connectivity index (χ4n) is 7.26. The third-order valence-electron chi connectivity index (χ3n) is 11.1. The average molecular weight is 992 g/mol. The van der Waals surface area contributed by atoms with Gasteiger partial charge in [0.25, 0.3) is 23.6 Å². The molecule has 6 rings (SSSR count). The van der Waals surface area contributed by atoms with Crippen molar-refractivity contribution in [1.82, 2.24) is 66.7 Å². The number of carboxylic acids is 1. The summed E-state index contributed by atoms with van der Waals surface area (Å²) in [5.41, 5.74) is 13.1. The summed E-state index contributed by atoms with van der Waals surface area (Å²) in [6, 6.07) is 4.95. The fourth-order valence-corrected chi connectivity index (χ4v) is 7.26. The quantitative estimate of drug-likeness (QED) is 0.0297. The Balaban J connectivity index is 0.964. The van der Waals surface area contributed by atoms with Gasteiger partial charge in [0.05, 0.1) is 29.6 Å². The van der Waals surface area contributed by atoms with Gasteiger partial charge in [0.15, 0.2) is 17.0 Å². The summed E-state index contributed by atoms with van der Waals surface area (Å²) in [5, 5.41) is 50.6. The van der Waals surface area contributed by atoms with E-state index in [0.717, 1.165) is 4.90 Å². The van der Waals surface area contributed by atoms with Crippen LogP contribution in [0.15, 0.2) is 54.7 Å². The Bertz CT molecular complexity index is 2880. The Kier molecular flexibility index (Phi) is 17.3. The first-order chi connectivity index (χ1) is 34.4. The summed E-state index contributed by atoms with van der Waals surface area (Å²) in [4.78, 5) is 119. The van der Waals surface area contributed by atoms with Gasteiger partial charge < -0.3 is 53.6 Å². The van der Waals surface area contributed by atoms with Crippen LogP contribution < -0.4 is 43.4 Å². The minimum atomic E-state index is -1.39. The van der Waals surface area contributed by atoms with Gasteiger partial charge in [-0.3, -0.25) is 38.5 Å². The molecule has 13 N–H and O–H groups in total. The molecule has 72 heavy (non-hydrogen) atoms. The van der Waals surface area contributed by atoms with Gasteiger partial charge in [0.2, 0.25) is 29.5 Å². The van der Waals surface area contributed by atoms with E-state index in [0.29, 0.717) is 30.6 Å². The number of benzene rings is 2. The number of nitrogens with zero attached hydrogens (tertiary/aromatic N) is 8.